The number of ether oxygens (including phenoxy) is 2. The van der Waals surface area contributed by atoms with Crippen molar-refractivity contribution in [1.29, 1.82) is 0 Å². The first kappa shape index (κ1) is 21.9. The third kappa shape index (κ3) is 6.63. The van der Waals surface area contributed by atoms with E-state index in [1.54, 1.807) is 31.4 Å². The van der Waals surface area contributed by atoms with E-state index in [4.69, 9.17) is 9.47 Å². The molecule has 1 atom stereocenters. The molecule has 7 nitrogen and oxygen atoms in total. The summed E-state index contributed by atoms with van der Waals surface area (Å²) in [6.07, 6.45) is 0.440. The maximum absolute atomic E-state index is 12.5. The Labute approximate surface area is 166 Å². The first-order valence-electron chi connectivity index (χ1n) is 9.07. The third-order valence-electron chi connectivity index (χ3n) is 3.93. The van der Waals surface area contributed by atoms with Crippen molar-refractivity contribution in [2.75, 3.05) is 25.6 Å². The van der Waals surface area contributed by atoms with Crippen molar-refractivity contribution in [2.24, 2.45) is 0 Å². The molecule has 1 amide bonds. The number of carbonyl (C=O) groups is 1. The number of methoxy groups -OCH3 is 1. The first-order chi connectivity index (χ1) is 13.5. The minimum absolute atomic E-state index is 0.135. The molecule has 0 aliphatic rings. The molecule has 0 heterocycles. The zero-order chi connectivity index (χ0) is 20.4. The lowest BCUT2D eigenvalue weighted by atomic mass is 10.2. The van der Waals surface area contributed by atoms with Gasteiger partial charge >= 0.3 is 0 Å². The lowest BCUT2D eigenvalue weighted by Crippen LogP contribution is -2.32. The van der Waals surface area contributed by atoms with Gasteiger partial charge in [-0.15, -0.1) is 0 Å². The summed E-state index contributed by atoms with van der Waals surface area (Å²) in [7, 11) is -2.03. The molecule has 2 aromatic carbocycles. The van der Waals surface area contributed by atoms with Crippen molar-refractivity contribution in [2.45, 2.75) is 30.8 Å². The number of nitrogens with one attached hydrogen (secondary N) is 2. The van der Waals surface area contributed by atoms with Gasteiger partial charge in [0.1, 0.15) is 5.75 Å². The molecule has 0 saturated heterocycles. The van der Waals surface area contributed by atoms with Gasteiger partial charge in [-0.05, 0) is 49.2 Å². The van der Waals surface area contributed by atoms with E-state index in [1.807, 2.05) is 25.1 Å². The molecule has 0 spiro atoms. The van der Waals surface area contributed by atoms with E-state index in [0.717, 1.165) is 0 Å². The molecule has 0 saturated carbocycles. The largest absolute Gasteiger partial charge is 0.481 e. The zero-order valence-corrected chi connectivity index (χ0v) is 16.9. The number of hydrogen-bond donors (Lipinski definition) is 2. The van der Waals surface area contributed by atoms with E-state index < -0.39 is 16.1 Å². The van der Waals surface area contributed by atoms with Gasteiger partial charge in [0.2, 0.25) is 10.0 Å². The number of hydrogen-bond acceptors (Lipinski definition) is 5. The Morgan fingerprint density at radius 1 is 1.07 bits per heavy atom. The van der Waals surface area contributed by atoms with E-state index in [9.17, 15) is 13.2 Å². The minimum Gasteiger partial charge on any atom is -0.481 e. The number of amides is 1. The Kier molecular flexibility index (Phi) is 8.43. The monoisotopic (exact) mass is 406 g/mol. The van der Waals surface area contributed by atoms with Gasteiger partial charge in [-0.2, -0.15) is 0 Å². The van der Waals surface area contributed by atoms with Gasteiger partial charge in [0, 0.05) is 25.9 Å². The summed E-state index contributed by atoms with van der Waals surface area (Å²) >= 11 is 0. The molecular formula is C20H26N2O5S. The van der Waals surface area contributed by atoms with Crippen LogP contribution in [0.25, 0.3) is 0 Å². The van der Waals surface area contributed by atoms with Crippen LogP contribution in [-0.4, -0.2) is 40.7 Å². The molecule has 28 heavy (non-hydrogen) atoms. The van der Waals surface area contributed by atoms with Gasteiger partial charge in [0.25, 0.3) is 5.91 Å². The van der Waals surface area contributed by atoms with Crippen LogP contribution in [0, 0.1) is 0 Å². The number of rotatable bonds is 11. The molecule has 0 fully saturated rings. The topological polar surface area (TPSA) is 93.7 Å². The second-order valence-electron chi connectivity index (χ2n) is 6.09. The molecule has 2 aromatic rings. The SMILES string of the molecule is CC[C@H](Oc1ccccc1)C(=O)Nc1ccc(S(=O)(=O)NCCCOC)cc1. The maximum Gasteiger partial charge on any atom is 0.265 e. The highest BCUT2D eigenvalue weighted by Gasteiger charge is 2.19. The van der Waals surface area contributed by atoms with Crippen molar-refractivity contribution in [1.82, 2.24) is 4.72 Å². The molecule has 2 rings (SSSR count). The molecule has 0 aromatic heterocycles. The number of sulfonamides is 1. The molecule has 0 bridgehead atoms. The molecule has 8 heteroatoms. The van der Waals surface area contributed by atoms with Gasteiger partial charge in [-0.1, -0.05) is 25.1 Å². The quantitative estimate of drug-likeness (QED) is 0.560. The van der Waals surface area contributed by atoms with Crippen molar-refractivity contribution >= 4 is 21.6 Å². The van der Waals surface area contributed by atoms with Crippen LogP contribution in [0.5, 0.6) is 5.75 Å². The number of anilines is 1. The second kappa shape index (κ2) is 10.8. The van der Waals surface area contributed by atoms with E-state index in [1.165, 1.54) is 12.1 Å². The Morgan fingerprint density at radius 2 is 1.75 bits per heavy atom. The Bertz CT molecular complexity index is 839. The summed E-state index contributed by atoms with van der Waals surface area (Å²) in [6, 6.07) is 15.1. The predicted octanol–water partition coefficient (Wildman–Crippen LogP) is 2.80. The number of carbonyl (C=O) groups excluding carboxylic acids is 1. The highest BCUT2D eigenvalue weighted by molar-refractivity contribution is 7.89. The van der Waals surface area contributed by atoms with E-state index in [0.29, 0.717) is 37.4 Å². The number of para-hydroxylation sites is 1. The third-order valence-corrected chi connectivity index (χ3v) is 5.41. The smallest absolute Gasteiger partial charge is 0.265 e. The van der Waals surface area contributed by atoms with Crippen LogP contribution in [0.2, 0.25) is 0 Å². The van der Waals surface area contributed by atoms with Crippen LogP contribution in [0.1, 0.15) is 19.8 Å². The maximum atomic E-state index is 12.5. The van der Waals surface area contributed by atoms with Crippen molar-refractivity contribution in [3.8, 4) is 5.75 Å². The van der Waals surface area contributed by atoms with Crippen molar-refractivity contribution < 1.29 is 22.7 Å². The van der Waals surface area contributed by atoms with Gasteiger partial charge in [-0.3, -0.25) is 4.79 Å². The molecule has 0 aliphatic carbocycles. The lowest BCUT2D eigenvalue weighted by Gasteiger charge is -2.17. The van der Waals surface area contributed by atoms with Gasteiger partial charge in [0.15, 0.2) is 6.10 Å². The zero-order valence-electron chi connectivity index (χ0n) is 16.1. The number of benzene rings is 2. The fourth-order valence-electron chi connectivity index (χ4n) is 2.43. The van der Waals surface area contributed by atoms with Crippen LogP contribution < -0.4 is 14.8 Å². The fourth-order valence-corrected chi connectivity index (χ4v) is 3.51. The van der Waals surface area contributed by atoms with Crippen molar-refractivity contribution in [3.63, 3.8) is 0 Å². The average Bonchev–Trinajstić information content (AvgIpc) is 2.70. The average molecular weight is 407 g/mol. The summed E-state index contributed by atoms with van der Waals surface area (Å²) in [5, 5.41) is 2.76. The summed E-state index contributed by atoms with van der Waals surface area (Å²) < 4.78 is 37.6. The van der Waals surface area contributed by atoms with Crippen LogP contribution in [0.15, 0.2) is 59.5 Å². The summed E-state index contributed by atoms with van der Waals surface area (Å²) in [4.78, 5) is 12.6. The Morgan fingerprint density at radius 3 is 2.36 bits per heavy atom. The van der Waals surface area contributed by atoms with E-state index in [2.05, 4.69) is 10.0 Å². The highest BCUT2D eigenvalue weighted by atomic mass is 32.2. The van der Waals surface area contributed by atoms with Crippen molar-refractivity contribution in [3.05, 3.63) is 54.6 Å². The lowest BCUT2D eigenvalue weighted by molar-refractivity contribution is -0.122. The van der Waals surface area contributed by atoms with E-state index in [-0.39, 0.29) is 10.8 Å². The molecule has 2 N–H and O–H groups in total. The van der Waals surface area contributed by atoms with Crippen LogP contribution in [0.3, 0.4) is 0 Å². The van der Waals surface area contributed by atoms with Gasteiger partial charge < -0.3 is 14.8 Å². The fraction of sp³-hybridized carbons (Fsp3) is 0.350. The normalized spacial score (nSPS) is 12.4. The van der Waals surface area contributed by atoms with Crippen LogP contribution in [0.4, 0.5) is 5.69 Å². The standard InChI is InChI=1S/C20H26N2O5S/c1-3-19(27-17-8-5-4-6-9-17)20(23)22-16-10-12-18(13-11-16)28(24,25)21-14-7-15-26-2/h4-6,8-13,19,21H,3,7,14-15H2,1-2H3,(H,22,23)/t19-/m0/s1. The van der Waals surface area contributed by atoms with Gasteiger partial charge in [-0.25, -0.2) is 13.1 Å². The molecule has 0 aliphatic heterocycles. The molecule has 0 radical (unpaired) electrons. The van der Waals surface area contributed by atoms with E-state index >= 15 is 0 Å². The van der Waals surface area contributed by atoms with Gasteiger partial charge in [0.05, 0.1) is 4.90 Å². The van der Waals surface area contributed by atoms with Crippen LogP contribution >= 0.6 is 0 Å². The summed E-state index contributed by atoms with van der Waals surface area (Å²) in [5.74, 6) is 0.324. The molecule has 0 unspecified atom stereocenters. The summed E-state index contributed by atoms with van der Waals surface area (Å²) in [5.41, 5.74) is 0.499. The second-order valence-corrected chi connectivity index (χ2v) is 7.85. The predicted molar refractivity (Wildman–Crippen MR) is 108 cm³/mol. The molecule has 152 valence electrons. The van der Waals surface area contributed by atoms with Crippen LogP contribution in [-0.2, 0) is 19.6 Å². The first-order valence-corrected chi connectivity index (χ1v) is 10.6. The Hall–Kier alpha value is -2.42. The molecular weight excluding hydrogens is 380 g/mol. The Balaban J connectivity index is 1.96. The summed E-state index contributed by atoms with van der Waals surface area (Å²) in [6.45, 7) is 2.64. The highest BCUT2D eigenvalue weighted by Crippen LogP contribution is 2.17. The minimum atomic E-state index is -3.59.